The van der Waals surface area contributed by atoms with Crippen LogP contribution in [0.1, 0.15) is 245 Å². The quantitative estimate of drug-likeness (QED) is 0.0508. The lowest BCUT2D eigenvalue weighted by atomic mass is 10.0. The Balaban J connectivity index is 1.76. The molecule has 2 heteroatoms. The Bertz CT molecular complexity index is 610. The molecule has 266 valence electrons. The molecule has 0 spiro atoms. The summed E-state index contributed by atoms with van der Waals surface area (Å²) in [7, 11) is 0. The fraction of sp³-hybridized carbons (Fsp3) is 0.930. The molecule has 0 bridgehead atoms. The Labute approximate surface area is 285 Å². The van der Waals surface area contributed by atoms with Gasteiger partial charge in [0.2, 0.25) is 6.33 Å². The molecule has 0 unspecified atom stereocenters. The number of hydrogen-bond acceptors (Lipinski definition) is 0. The zero-order valence-electron chi connectivity index (χ0n) is 31.5. The highest BCUT2D eigenvalue weighted by Gasteiger charge is 2.04. The van der Waals surface area contributed by atoms with Crippen LogP contribution in [-0.2, 0) is 13.1 Å². The number of aromatic nitrogens is 2. The molecule has 0 fully saturated rings. The molecule has 0 aliphatic heterocycles. The van der Waals surface area contributed by atoms with Crippen molar-refractivity contribution in [2.24, 2.45) is 0 Å². The van der Waals surface area contributed by atoms with Crippen LogP contribution in [-0.4, -0.2) is 4.57 Å². The molecule has 0 aromatic carbocycles. The predicted octanol–water partition coefficient (Wildman–Crippen LogP) is 14.9. The zero-order chi connectivity index (χ0) is 32.1. The van der Waals surface area contributed by atoms with Gasteiger partial charge in [-0.2, -0.15) is 0 Å². The Morgan fingerprint density at radius 2 is 0.600 bits per heavy atom. The minimum Gasteiger partial charge on any atom is -0.237 e. The molecule has 0 radical (unpaired) electrons. The molecule has 1 aromatic heterocycles. The van der Waals surface area contributed by atoms with Gasteiger partial charge in [-0.05, 0) is 25.7 Å². The molecule has 0 saturated heterocycles. The molecular formula is C43H85N2+. The van der Waals surface area contributed by atoms with Gasteiger partial charge in [-0.15, -0.1) is 0 Å². The van der Waals surface area contributed by atoms with Crippen molar-refractivity contribution in [2.75, 3.05) is 0 Å². The first-order valence-corrected chi connectivity index (χ1v) is 21.4. The van der Waals surface area contributed by atoms with E-state index in [4.69, 9.17) is 0 Å². The first-order chi connectivity index (χ1) is 22.4. The van der Waals surface area contributed by atoms with Crippen molar-refractivity contribution < 1.29 is 4.57 Å². The first-order valence-electron chi connectivity index (χ1n) is 21.4. The summed E-state index contributed by atoms with van der Waals surface area (Å²) in [4.78, 5) is 0. The van der Waals surface area contributed by atoms with E-state index in [1.807, 2.05) is 0 Å². The third kappa shape index (κ3) is 31.6. The summed E-state index contributed by atoms with van der Waals surface area (Å²) in [6.07, 6.45) is 59.2. The number of aryl methyl sites for hydroxylation is 2. The molecule has 0 amide bonds. The molecule has 1 aromatic rings. The second-order valence-electron chi connectivity index (χ2n) is 14.9. The largest absolute Gasteiger partial charge is 0.243 e. The van der Waals surface area contributed by atoms with Crippen molar-refractivity contribution >= 4 is 0 Å². The van der Waals surface area contributed by atoms with Crippen LogP contribution in [0.25, 0.3) is 0 Å². The summed E-state index contributed by atoms with van der Waals surface area (Å²) < 4.78 is 4.84. The SMILES string of the molecule is CCCCCCCCCCCCCCCCCCCCn1cc[n+](CCCCCCCCCCCCCCCCCCCC)c1. The van der Waals surface area contributed by atoms with E-state index >= 15 is 0 Å². The topological polar surface area (TPSA) is 8.81 Å². The van der Waals surface area contributed by atoms with Gasteiger partial charge < -0.3 is 0 Å². The lowest BCUT2D eigenvalue weighted by Crippen LogP contribution is -2.30. The van der Waals surface area contributed by atoms with E-state index in [9.17, 15) is 0 Å². The van der Waals surface area contributed by atoms with Gasteiger partial charge in [0.15, 0.2) is 0 Å². The van der Waals surface area contributed by atoms with Crippen molar-refractivity contribution in [3.05, 3.63) is 18.7 Å². The number of unbranched alkanes of at least 4 members (excludes halogenated alkanes) is 34. The monoisotopic (exact) mass is 630 g/mol. The minimum atomic E-state index is 1.20. The first kappa shape index (κ1) is 42.2. The molecule has 0 N–H and O–H groups in total. The Morgan fingerprint density at radius 3 is 0.911 bits per heavy atom. The van der Waals surface area contributed by atoms with Crippen molar-refractivity contribution in [1.29, 1.82) is 0 Å². The third-order valence-electron chi connectivity index (χ3n) is 10.3. The lowest BCUT2D eigenvalue weighted by Gasteiger charge is -2.04. The molecule has 0 aliphatic carbocycles. The summed E-state index contributed by atoms with van der Waals surface area (Å²) >= 11 is 0. The van der Waals surface area contributed by atoms with Crippen LogP contribution in [0.5, 0.6) is 0 Å². The summed E-state index contributed by atoms with van der Waals surface area (Å²) in [6, 6.07) is 0. The van der Waals surface area contributed by atoms with Crippen molar-refractivity contribution in [3.8, 4) is 0 Å². The molecule has 45 heavy (non-hydrogen) atoms. The Kier molecular flexibility index (Phi) is 33.8. The molecule has 0 saturated carbocycles. The number of imidazole rings is 1. The van der Waals surface area contributed by atoms with Gasteiger partial charge in [-0.3, -0.25) is 0 Å². The van der Waals surface area contributed by atoms with E-state index in [1.54, 1.807) is 0 Å². The molecule has 0 atom stereocenters. The maximum absolute atomic E-state index is 2.42. The van der Waals surface area contributed by atoms with Gasteiger partial charge in [0.1, 0.15) is 12.4 Å². The average Bonchev–Trinajstić information content (AvgIpc) is 3.51. The van der Waals surface area contributed by atoms with Crippen LogP contribution < -0.4 is 4.57 Å². The van der Waals surface area contributed by atoms with Crippen LogP contribution in [0.15, 0.2) is 18.7 Å². The number of rotatable bonds is 38. The highest BCUT2D eigenvalue weighted by molar-refractivity contribution is 4.66. The van der Waals surface area contributed by atoms with Crippen LogP contribution in [0.3, 0.4) is 0 Å². The summed E-state index contributed by atoms with van der Waals surface area (Å²) in [5, 5.41) is 0. The van der Waals surface area contributed by atoms with E-state index in [0.29, 0.717) is 0 Å². The minimum absolute atomic E-state index is 1.20. The normalized spacial score (nSPS) is 11.6. The summed E-state index contributed by atoms with van der Waals surface area (Å²) in [6.45, 7) is 7.01. The van der Waals surface area contributed by atoms with Gasteiger partial charge >= 0.3 is 0 Å². The van der Waals surface area contributed by atoms with Gasteiger partial charge in [-0.25, -0.2) is 9.13 Å². The van der Waals surface area contributed by atoms with E-state index in [-0.39, 0.29) is 0 Å². The predicted molar refractivity (Wildman–Crippen MR) is 202 cm³/mol. The van der Waals surface area contributed by atoms with Gasteiger partial charge in [0.25, 0.3) is 0 Å². The second kappa shape index (κ2) is 36.1. The number of hydrogen-bond donors (Lipinski definition) is 0. The molecular weight excluding hydrogens is 544 g/mol. The second-order valence-corrected chi connectivity index (χ2v) is 14.9. The van der Waals surface area contributed by atoms with Gasteiger partial charge in [0, 0.05) is 0 Å². The van der Waals surface area contributed by atoms with E-state index in [1.165, 1.54) is 244 Å². The lowest BCUT2D eigenvalue weighted by molar-refractivity contribution is -0.696. The fourth-order valence-corrected chi connectivity index (χ4v) is 7.10. The van der Waals surface area contributed by atoms with Crippen LogP contribution in [0.2, 0.25) is 0 Å². The highest BCUT2D eigenvalue weighted by atomic mass is 15.1. The number of nitrogens with zero attached hydrogens (tertiary/aromatic N) is 2. The third-order valence-corrected chi connectivity index (χ3v) is 10.3. The van der Waals surface area contributed by atoms with Crippen molar-refractivity contribution in [2.45, 2.75) is 258 Å². The standard InChI is InChI=1S/C43H85N2/c1-3-5-7-9-11-13-15-17-19-21-23-25-27-29-31-33-35-37-39-44-41-42-45(43-44)40-38-36-34-32-30-28-26-24-22-20-18-16-14-12-10-8-6-4-2/h41-43H,3-40H2,1-2H3/q+1. The van der Waals surface area contributed by atoms with Gasteiger partial charge in [0.05, 0.1) is 13.1 Å². The van der Waals surface area contributed by atoms with Gasteiger partial charge in [-0.1, -0.05) is 219 Å². The van der Waals surface area contributed by atoms with E-state index < -0.39 is 0 Å². The van der Waals surface area contributed by atoms with Crippen LogP contribution >= 0.6 is 0 Å². The molecule has 1 heterocycles. The molecule has 0 aliphatic rings. The van der Waals surface area contributed by atoms with Crippen LogP contribution in [0.4, 0.5) is 0 Å². The fourth-order valence-electron chi connectivity index (χ4n) is 7.10. The maximum Gasteiger partial charge on any atom is 0.243 e. The van der Waals surface area contributed by atoms with Crippen molar-refractivity contribution in [1.82, 2.24) is 4.57 Å². The van der Waals surface area contributed by atoms with E-state index in [0.717, 1.165) is 0 Å². The molecule has 2 nitrogen and oxygen atoms in total. The summed E-state index contributed by atoms with van der Waals surface area (Å²) in [5.74, 6) is 0. The van der Waals surface area contributed by atoms with Crippen molar-refractivity contribution in [3.63, 3.8) is 0 Å². The molecule has 1 rings (SSSR count). The summed E-state index contributed by atoms with van der Waals surface area (Å²) in [5.41, 5.74) is 0. The maximum atomic E-state index is 2.42. The highest BCUT2D eigenvalue weighted by Crippen LogP contribution is 2.16. The Morgan fingerprint density at radius 1 is 0.333 bits per heavy atom. The smallest absolute Gasteiger partial charge is 0.237 e. The van der Waals surface area contributed by atoms with E-state index in [2.05, 4.69) is 41.7 Å². The van der Waals surface area contributed by atoms with Crippen LogP contribution in [0, 0.1) is 0 Å². The Hall–Kier alpha value is -0.790. The zero-order valence-corrected chi connectivity index (χ0v) is 31.5. The average molecular weight is 630 g/mol.